The molecule has 0 aliphatic heterocycles. The van der Waals surface area contributed by atoms with Gasteiger partial charge >= 0.3 is 0 Å². The molecule has 0 bridgehead atoms. The van der Waals surface area contributed by atoms with Gasteiger partial charge in [-0.2, -0.15) is 0 Å². The summed E-state index contributed by atoms with van der Waals surface area (Å²) in [5, 5.41) is 12.2. The van der Waals surface area contributed by atoms with Crippen molar-refractivity contribution >= 4 is 44.5 Å². The number of carbonyl (C=O) groups excluding carboxylic acids is 2. The standard InChI is InChI=1S/C17H21N5O3S/c1-11(23)20-14-10-12(19-9-3-2-8-18)4-5-13(14)17(24)21-15-6-7-16(22-25)26-15/h4-7,10,19H,2-3,8-9,18H2,1H3,(H,20,23)(H,21,24). The molecule has 0 radical (unpaired) electrons. The molecule has 0 atom stereocenters. The van der Waals surface area contributed by atoms with Crippen molar-refractivity contribution in [3.8, 4) is 0 Å². The Bertz CT molecular complexity index is 790. The number of hydrogen-bond acceptors (Lipinski definition) is 7. The fraction of sp³-hybridized carbons (Fsp3) is 0.294. The van der Waals surface area contributed by atoms with Crippen molar-refractivity contribution in [2.45, 2.75) is 19.8 Å². The first-order valence-electron chi connectivity index (χ1n) is 8.13. The van der Waals surface area contributed by atoms with Crippen LogP contribution in [0.1, 0.15) is 30.1 Å². The van der Waals surface area contributed by atoms with Crippen molar-refractivity contribution in [1.29, 1.82) is 0 Å². The molecule has 0 aliphatic carbocycles. The second-order valence-electron chi connectivity index (χ2n) is 5.55. The molecule has 9 heteroatoms. The van der Waals surface area contributed by atoms with Crippen molar-refractivity contribution in [2.75, 3.05) is 29.0 Å². The summed E-state index contributed by atoms with van der Waals surface area (Å²) in [7, 11) is 0. The summed E-state index contributed by atoms with van der Waals surface area (Å²) in [6.07, 6.45) is 1.85. The van der Waals surface area contributed by atoms with Gasteiger partial charge in [-0.15, -0.1) is 4.91 Å². The van der Waals surface area contributed by atoms with Crippen molar-refractivity contribution in [2.24, 2.45) is 10.9 Å². The van der Waals surface area contributed by atoms with Gasteiger partial charge in [-0.1, -0.05) is 11.3 Å². The molecule has 2 aromatic rings. The molecule has 0 fully saturated rings. The van der Waals surface area contributed by atoms with Crippen LogP contribution in [-0.2, 0) is 4.79 Å². The molecule has 0 saturated heterocycles. The van der Waals surface area contributed by atoms with Crippen LogP contribution in [0.4, 0.5) is 21.4 Å². The number of nitroso groups, excluding NO2 is 1. The number of hydrogen-bond donors (Lipinski definition) is 4. The first-order chi connectivity index (χ1) is 12.5. The van der Waals surface area contributed by atoms with Gasteiger partial charge < -0.3 is 21.7 Å². The SMILES string of the molecule is CC(=O)Nc1cc(NCCCCN)ccc1C(=O)Nc1ccc(N=O)s1. The minimum Gasteiger partial charge on any atom is -0.385 e. The normalized spacial score (nSPS) is 10.2. The maximum atomic E-state index is 12.5. The fourth-order valence-corrected chi connectivity index (χ4v) is 2.95. The number of rotatable bonds is 9. The molecule has 8 nitrogen and oxygen atoms in total. The number of nitrogens with two attached hydrogens (primary N) is 1. The van der Waals surface area contributed by atoms with Gasteiger partial charge in [0.05, 0.1) is 16.3 Å². The Morgan fingerprint density at radius 1 is 1.15 bits per heavy atom. The van der Waals surface area contributed by atoms with Gasteiger partial charge in [0.2, 0.25) is 5.91 Å². The highest BCUT2D eigenvalue weighted by atomic mass is 32.1. The monoisotopic (exact) mass is 375 g/mol. The molecule has 2 amide bonds. The number of benzene rings is 1. The van der Waals surface area contributed by atoms with Crippen molar-refractivity contribution in [1.82, 2.24) is 0 Å². The van der Waals surface area contributed by atoms with E-state index in [0.29, 0.717) is 22.8 Å². The lowest BCUT2D eigenvalue weighted by Crippen LogP contribution is -2.16. The van der Waals surface area contributed by atoms with E-state index < -0.39 is 0 Å². The Hall–Kier alpha value is -2.78. The van der Waals surface area contributed by atoms with Crippen LogP contribution in [-0.4, -0.2) is 24.9 Å². The molecule has 0 spiro atoms. The van der Waals surface area contributed by atoms with E-state index in [1.165, 1.54) is 13.0 Å². The van der Waals surface area contributed by atoms with E-state index in [-0.39, 0.29) is 16.8 Å². The van der Waals surface area contributed by atoms with E-state index in [0.717, 1.165) is 36.4 Å². The van der Waals surface area contributed by atoms with Crippen molar-refractivity contribution < 1.29 is 9.59 Å². The molecule has 1 aromatic heterocycles. The first kappa shape index (κ1) is 19.5. The molecule has 1 aromatic carbocycles. The van der Waals surface area contributed by atoms with Crippen molar-refractivity contribution in [3.05, 3.63) is 40.8 Å². The molecule has 26 heavy (non-hydrogen) atoms. The zero-order chi connectivity index (χ0) is 18.9. The van der Waals surface area contributed by atoms with Gasteiger partial charge in [-0.25, -0.2) is 0 Å². The number of nitrogens with one attached hydrogen (secondary N) is 3. The van der Waals surface area contributed by atoms with Crippen LogP contribution >= 0.6 is 11.3 Å². The van der Waals surface area contributed by atoms with Gasteiger partial charge in [-0.05, 0) is 54.9 Å². The highest BCUT2D eigenvalue weighted by Crippen LogP contribution is 2.30. The molecule has 138 valence electrons. The number of amides is 2. The van der Waals surface area contributed by atoms with E-state index in [9.17, 15) is 14.5 Å². The summed E-state index contributed by atoms with van der Waals surface area (Å²) in [4.78, 5) is 34.5. The van der Waals surface area contributed by atoms with E-state index in [4.69, 9.17) is 5.73 Å². The Labute approximate surface area is 155 Å². The quantitative estimate of drug-likeness (QED) is 0.394. The molecular weight excluding hydrogens is 354 g/mol. The fourth-order valence-electron chi connectivity index (χ4n) is 2.27. The molecule has 1 heterocycles. The van der Waals surface area contributed by atoms with Gasteiger partial charge in [0.25, 0.3) is 5.91 Å². The molecule has 0 aliphatic rings. The largest absolute Gasteiger partial charge is 0.385 e. The van der Waals surface area contributed by atoms with Gasteiger partial charge in [0.1, 0.15) is 0 Å². The van der Waals surface area contributed by atoms with E-state index in [1.54, 1.807) is 24.3 Å². The highest BCUT2D eigenvalue weighted by Gasteiger charge is 2.14. The predicted octanol–water partition coefficient (Wildman–Crippen LogP) is 3.51. The van der Waals surface area contributed by atoms with Crippen LogP contribution in [0.15, 0.2) is 35.5 Å². The summed E-state index contributed by atoms with van der Waals surface area (Å²) in [5.41, 5.74) is 7.00. The Balaban J connectivity index is 2.15. The predicted molar refractivity (Wildman–Crippen MR) is 105 cm³/mol. The third-order valence-corrected chi connectivity index (χ3v) is 4.33. The zero-order valence-corrected chi connectivity index (χ0v) is 15.2. The number of nitrogens with zero attached hydrogens (tertiary/aromatic N) is 1. The maximum absolute atomic E-state index is 12.5. The average Bonchev–Trinajstić information content (AvgIpc) is 3.06. The van der Waals surface area contributed by atoms with E-state index >= 15 is 0 Å². The van der Waals surface area contributed by atoms with Crippen LogP contribution in [0.25, 0.3) is 0 Å². The van der Waals surface area contributed by atoms with E-state index in [2.05, 4.69) is 21.1 Å². The van der Waals surface area contributed by atoms with Gasteiger partial charge in [-0.3, -0.25) is 9.59 Å². The highest BCUT2D eigenvalue weighted by molar-refractivity contribution is 7.19. The van der Waals surface area contributed by atoms with Crippen LogP contribution in [0.2, 0.25) is 0 Å². The van der Waals surface area contributed by atoms with Gasteiger partial charge in [0, 0.05) is 19.2 Å². The van der Waals surface area contributed by atoms with Crippen molar-refractivity contribution in [3.63, 3.8) is 0 Å². The maximum Gasteiger partial charge on any atom is 0.258 e. The second-order valence-corrected chi connectivity index (χ2v) is 6.61. The third kappa shape index (κ3) is 5.64. The number of unbranched alkanes of at least 4 members (excludes halogenated alkanes) is 1. The number of carbonyl (C=O) groups is 2. The lowest BCUT2D eigenvalue weighted by atomic mass is 10.1. The minimum absolute atomic E-state index is 0.275. The summed E-state index contributed by atoms with van der Waals surface area (Å²) in [5.74, 6) is -0.661. The molecule has 2 rings (SSSR count). The Morgan fingerprint density at radius 3 is 2.62 bits per heavy atom. The molecule has 5 N–H and O–H groups in total. The van der Waals surface area contributed by atoms with Gasteiger partial charge in [0.15, 0.2) is 5.00 Å². The molecule has 0 saturated carbocycles. The number of thiophene rings is 1. The molecular formula is C17H21N5O3S. The van der Waals surface area contributed by atoms with E-state index in [1.807, 2.05) is 0 Å². The van der Waals surface area contributed by atoms with Crippen LogP contribution < -0.4 is 21.7 Å². The first-order valence-corrected chi connectivity index (χ1v) is 8.95. The average molecular weight is 375 g/mol. The van der Waals surface area contributed by atoms with Crippen LogP contribution in [0, 0.1) is 4.91 Å². The smallest absolute Gasteiger partial charge is 0.258 e. The Morgan fingerprint density at radius 2 is 1.96 bits per heavy atom. The second kappa shape index (κ2) is 9.64. The summed E-state index contributed by atoms with van der Waals surface area (Å²) >= 11 is 1.07. The van der Waals surface area contributed by atoms with Crippen LogP contribution in [0.3, 0.4) is 0 Å². The summed E-state index contributed by atoms with van der Waals surface area (Å²) in [6, 6.07) is 8.25. The zero-order valence-electron chi connectivity index (χ0n) is 14.4. The lowest BCUT2D eigenvalue weighted by Gasteiger charge is -2.13. The summed E-state index contributed by atoms with van der Waals surface area (Å²) in [6.45, 7) is 2.77. The van der Waals surface area contributed by atoms with Crippen LogP contribution in [0.5, 0.6) is 0 Å². The lowest BCUT2D eigenvalue weighted by molar-refractivity contribution is -0.114. The topological polar surface area (TPSA) is 126 Å². The Kier molecular flexibility index (Phi) is 7.24. The summed E-state index contributed by atoms with van der Waals surface area (Å²) < 4.78 is 0. The minimum atomic E-state index is -0.386. The number of anilines is 3. The third-order valence-electron chi connectivity index (χ3n) is 3.45. The molecule has 0 unspecified atom stereocenters.